The van der Waals surface area contributed by atoms with Crippen molar-refractivity contribution in [3.63, 3.8) is 0 Å². The monoisotopic (exact) mass is 381 g/mol. The number of fused-ring (bicyclic) bond motifs is 2. The fraction of sp³-hybridized carbons (Fsp3) is 0.478. The molecule has 2 aliphatic carbocycles. The predicted octanol–water partition coefficient (Wildman–Crippen LogP) is 4.67. The maximum Gasteiger partial charge on any atom is 0.217 e. The van der Waals surface area contributed by atoms with Crippen LogP contribution in [0.25, 0.3) is 11.8 Å². The fourth-order valence-corrected chi connectivity index (χ4v) is 5.19. The minimum absolute atomic E-state index is 0.0235. The van der Waals surface area contributed by atoms with Crippen LogP contribution in [0.4, 0.5) is 4.39 Å². The van der Waals surface area contributed by atoms with E-state index >= 15 is 0 Å². The number of rotatable bonds is 4. The quantitative estimate of drug-likeness (QED) is 0.836. The van der Waals surface area contributed by atoms with Gasteiger partial charge in [-0.25, -0.2) is 9.07 Å². The van der Waals surface area contributed by atoms with Crippen molar-refractivity contribution in [2.45, 2.75) is 58.9 Å². The zero-order valence-corrected chi connectivity index (χ0v) is 17.1. The van der Waals surface area contributed by atoms with Crippen LogP contribution in [-0.2, 0) is 11.2 Å². The van der Waals surface area contributed by atoms with Gasteiger partial charge in [0.1, 0.15) is 5.82 Å². The number of nitrogens with zero attached hydrogens (tertiary/aromatic N) is 2. The number of carbonyl (C=O) groups is 1. The topological polar surface area (TPSA) is 46.9 Å². The molecule has 0 unspecified atom stereocenters. The minimum Gasteiger partial charge on any atom is -0.351 e. The van der Waals surface area contributed by atoms with E-state index in [4.69, 9.17) is 0 Å². The van der Waals surface area contributed by atoms with Crippen LogP contribution in [0.15, 0.2) is 36.0 Å². The number of carbonyl (C=O) groups excluding carboxylic acids is 1. The minimum atomic E-state index is -0.240. The SMILES string of the molecule is CC(=O)NC(C)(C)C[C@H]1CCC2=Cc3c(cnn3-c3ccc(F)cc3)C[C@@]21C. The van der Waals surface area contributed by atoms with Gasteiger partial charge in [-0.3, -0.25) is 4.79 Å². The summed E-state index contributed by atoms with van der Waals surface area (Å²) in [4.78, 5) is 11.6. The number of benzene rings is 1. The lowest BCUT2D eigenvalue weighted by molar-refractivity contribution is -0.120. The van der Waals surface area contributed by atoms with E-state index in [1.165, 1.54) is 23.3 Å². The van der Waals surface area contributed by atoms with Crippen LogP contribution in [0, 0.1) is 17.2 Å². The second-order valence-electron chi connectivity index (χ2n) is 9.21. The van der Waals surface area contributed by atoms with Crippen molar-refractivity contribution in [1.82, 2.24) is 15.1 Å². The van der Waals surface area contributed by atoms with Gasteiger partial charge in [0.05, 0.1) is 17.6 Å². The molecule has 1 heterocycles. The normalized spacial score (nSPS) is 23.8. The molecule has 2 aliphatic rings. The number of amides is 1. The Hall–Kier alpha value is -2.43. The number of halogens is 1. The first-order valence-electron chi connectivity index (χ1n) is 10.0. The lowest BCUT2D eigenvalue weighted by Crippen LogP contribution is -2.45. The van der Waals surface area contributed by atoms with Gasteiger partial charge in [-0.05, 0) is 86.8 Å². The smallest absolute Gasteiger partial charge is 0.217 e. The van der Waals surface area contributed by atoms with Gasteiger partial charge in [0, 0.05) is 12.5 Å². The highest BCUT2D eigenvalue weighted by Gasteiger charge is 2.47. The molecule has 2 atom stereocenters. The number of hydrogen-bond acceptors (Lipinski definition) is 2. The molecule has 1 aromatic carbocycles. The summed E-state index contributed by atoms with van der Waals surface area (Å²) < 4.78 is 15.2. The molecule has 0 saturated heterocycles. The van der Waals surface area contributed by atoms with E-state index in [2.05, 4.69) is 37.3 Å². The number of hydrogen-bond donors (Lipinski definition) is 1. The molecule has 0 spiro atoms. The number of nitrogens with one attached hydrogen (secondary N) is 1. The molecule has 1 saturated carbocycles. The van der Waals surface area contributed by atoms with E-state index in [1.807, 2.05) is 10.9 Å². The van der Waals surface area contributed by atoms with Gasteiger partial charge in [0.15, 0.2) is 0 Å². The molecular weight excluding hydrogens is 353 g/mol. The molecule has 1 amide bonds. The van der Waals surface area contributed by atoms with E-state index < -0.39 is 0 Å². The summed E-state index contributed by atoms with van der Waals surface area (Å²) in [5, 5.41) is 7.69. The second kappa shape index (κ2) is 6.57. The third kappa shape index (κ3) is 3.27. The second-order valence-corrected chi connectivity index (χ2v) is 9.21. The van der Waals surface area contributed by atoms with Gasteiger partial charge < -0.3 is 5.32 Å². The van der Waals surface area contributed by atoms with E-state index in [1.54, 1.807) is 19.1 Å². The van der Waals surface area contributed by atoms with Crippen molar-refractivity contribution in [3.8, 4) is 5.69 Å². The van der Waals surface area contributed by atoms with Crippen LogP contribution < -0.4 is 5.32 Å². The first-order valence-corrected chi connectivity index (χ1v) is 10.0. The first-order chi connectivity index (χ1) is 13.2. The summed E-state index contributed by atoms with van der Waals surface area (Å²) in [6, 6.07) is 6.48. The lowest BCUT2D eigenvalue weighted by atomic mass is 9.67. The average Bonchev–Trinajstić information content (AvgIpc) is 3.13. The van der Waals surface area contributed by atoms with Crippen molar-refractivity contribution < 1.29 is 9.18 Å². The summed E-state index contributed by atoms with van der Waals surface area (Å²) in [5.74, 6) is 0.300. The summed E-state index contributed by atoms with van der Waals surface area (Å²) in [7, 11) is 0. The first kappa shape index (κ1) is 18.9. The molecule has 0 aliphatic heterocycles. The van der Waals surface area contributed by atoms with Gasteiger partial charge in [-0.15, -0.1) is 0 Å². The Morgan fingerprint density at radius 1 is 1.36 bits per heavy atom. The summed E-state index contributed by atoms with van der Waals surface area (Å²) in [6.07, 6.45) is 8.37. The molecule has 28 heavy (non-hydrogen) atoms. The van der Waals surface area contributed by atoms with Crippen molar-refractivity contribution in [2.24, 2.45) is 11.3 Å². The zero-order chi connectivity index (χ0) is 20.1. The van der Waals surface area contributed by atoms with Crippen LogP contribution in [0.3, 0.4) is 0 Å². The Morgan fingerprint density at radius 2 is 2.07 bits per heavy atom. The van der Waals surface area contributed by atoms with E-state index in [0.717, 1.165) is 37.1 Å². The van der Waals surface area contributed by atoms with Gasteiger partial charge in [0.25, 0.3) is 0 Å². The number of aromatic nitrogens is 2. The summed E-state index contributed by atoms with van der Waals surface area (Å²) >= 11 is 0. The van der Waals surface area contributed by atoms with Crippen molar-refractivity contribution in [1.29, 1.82) is 0 Å². The largest absolute Gasteiger partial charge is 0.351 e. The van der Waals surface area contributed by atoms with E-state index in [0.29, 0.717) is 5.92 Å². The standard InChI is InChI=1S/C23H28FN3O/c1-15(28)26-22(2,3)13-18-6-5-17-11-21-16(12-23(17,18)4)14-25-27(21)20-9-7-19(24)8-10-20/h7-11,14,18H,5-6,12-13H2,1-4H3,(H,26,28)/t18-,23+/m1/s1. The fourth-order valence-electron chi connectivity index (χ4n) is 5.19. The maximum absolute atomic E-state index is 13.3. The summed E-state index contributed by atoms with van der Waals surface area (Å²) in [5.41, 5.74) is 4.57. The molecule has 148 valence electrons. The van der Waals surface area contributed by atoms with E-state index in [-0.39, 0.29) is 22.7 Å². The highest BCUT2D eigenvalue weighted by Crippen LogP contribution is 2.55. The molecule has 4 rings (SSSR count). The van der Waals surface area contributed by atoms with Crippen LogP contribution in [-0.4, -0.2) is 21.2 Å². The van der Waals surface area contributed by atoms with Gasteiger partial charge in [-0.2, -0.15) is 5.10 Å². The zero-order valence-electron chi connectivity index (χ0n) is 17.1. The Morgan fingerprint density at radius 3 is 2.75 bits per heavy atom. The van der Waals surface area contributed by atoms with Crippen LogP contribution >= 0.6 is 0 Å². The van der Waals surface area contributed by atoms with Crippen LogP contribution in [0.1, 0.15) is 58.2 Å². The molecule has 0 bridgehead atoms. The average molecular weight is 381 g/mol. The lowest BCUT2D eigenvalue weighted by Gasteiger charge is -2.39. The Labute approximate surface area is 165 Å². The number of allylic oxidation sites excluding steroid dienone is 1. The summed E-state index contributed by atoms with van der Waals surface area (Å²) in [6.45, 7) is 8.17. The van der Waals surface area contributed by atoms with Gasteiger partial charge in [0.2, 0.25) is 5.91 Å². The van der Waals surface area contributed by atoms with E-state index in [9.17, 15) is 9.18 Å². The Bertz CT molecular complexity index is 941. The van der Waals surface area contributed by atoms with Crippen molar-refractivity contribution >= 4 is 12.0 Å². The Kier molecular flexibility index (Phi) is 4.44. The molecule has 1 fully saturated rings. The molecule has 1 aromatic heterocycles. The highest BCUT2D eigenvalue weighted by atomic mass is 19.1. The van der Waals surface area contributed by atoms with Crippen molar-refractivity contribution in [3.05, 3.63) is 53.1 Å². The molecule has 5 heteroatoms. The molecule has 0 radical (unpaired) electrons. The van der Waals surface area contributed by atoms with Gasteiger partial charge in [-0.1, -0.05) is 12.5 Å². The Balaban J connectivity index is 1.63. The maximum atomic E-state index is 13.3. The third-order valence-corrected chi connectivity index (χ3v) is 6.49. The van der Waals surface area contributed by atoms with Crippen LogP contribution in [0.2, 0.25) is 0 Å². The molecule has 2 aromatic rings. The predicted molar refractivity (Wildman–Crippen MR) is 109 cm³/mol. The molecule has 4 nitrogen and oxygen atoms in total. The molecular formula is C23H28FN3O. The highest BCUT2D eigenvalue weighted by molar-refractivity contribution is 5.73. The van der Waals surface area contributed by atoms with Crippen LogP contribution in [0.5, 0.6) is 0 Å². The third-order valence-electron chi connectivity index (χ3n) is 6.49. The van der Waals surface area contributed by atoms with Crippen molar-refractivity contribution in [2.75, 3.05) is 0 Å². The van der Waals surface area contributed by atoms with Gasteiger partial charge >= 0.3 is 0 Å². The molecule has 1 N–H and O–H groups in total.